The lowest BCUT2D eigenvalue weighted by Gasteiger charge is -2.19. The molecule has 0 unspecified atom stereocenters. The van der Waals surface area contributed by atoms with Crippen molar-refractivity contribution in [2.24, 2.45) is 0 Å². The molecular weight excluding hydrogens is 454 g/mol. The van der Waals surface area contributed by atoms with Gasteiger partial charge in [0.25, 0.3) is 5.91 Å². The molecular formula is C26H24F2N4O3. The maximum Gasteiger partial charge on any atom is 0.252 e. The number of hydrogen-bond acceptors (Lipinski definition) is 5. The highest BCUT2D eigenvalue weighted by Gasteiger charge is 2.22. The highest BCUT2D eigenvalue weighted by molar-refractivity contribution is 6.01. The van der Waals surface area contributed by atoms with Gasteiger partial charge < -0.3 is 15.2 Å². The van der Waals surface area contributed by atoms with Crippen molar-refractivity contribution < 1.29 is 23.4 Å². The molecule has 0 aliphatic heterocycles. The molecule has 0 aliphatic carbocycles. The molecule has 2 heterocycles. The second-order valence-corrected chi connectivity index (χ2v) is 7.89. The average Bonchev–Trinajstić information content (AvgIpc) is 3.34. The molecule has 1 amide bonds. The van der Waals surface area contributed by atoms with Crippen molar-refractivity contribution in [3.05, 3.63) is 89.6 Å². The van der Waals surface area contributed by atoms with Crippen LogP contribution in [0.15, 0.2) is 66.7 Å². The van der Waals surface area contributed by atoms with Crippen molar-refractivity contribution in [3.63, 3.8) is 0 Å². The van der Waals surface area contributed by atoms with Gasteiger partial charge in [-0.3, -0.25) is 9.89 Å². The first-order chi connectivity index (χ1) is 17.0. The van der Waals surface area contributed by atoms with Gasteiger partial charge in [0, 0.05) is 42.0 Å². The number of rotatable bonds is 9. The van der Waals surface area contributed by atoms with E-state index in [-0.39, 0.29) is 30.0 Å². The second-order valence-electron chi connectivity index (χ2n) is 7.89. The predicted molar refractivity (Wildman–Crippen MR) is 127 cm³/mol. The van der Waals surface area contributed by atoms with Gasteiger partial charge in [-0.15, -0.1) is 0 Å². The second kappa shape index (κ2) is 10.9. The van der Waals surface area contributed by atoms with Crippen LogP contribution in [0, 0.1) is 11.6 Å². The van der Waals surface area contributed by atoms with Gasteiger partial charge in [0.05, 0.1) is 24.1 Å². The quantitative estimate of drug-likeness (QED) is 0.336. The van der Waals surface area contributed by atoms with Crippen LogP contribution in [-0.4, -0.2) is 46.0 Å². The number of nitrogens with one attached hydrogen (secondary N) is 2. The largest absolute Gasteiger partial charge is 0.481 e. The molecule has 180 valence electrons. The van der Waals surface area contributed by atoms with E-state index in [2.05, 4.69) is 20.5 Å². The first-order valence-corrected chi connectivity index (χ1v) is 11.0. The summed E-state index contributed by atoms with van der Waals surface area (Å²) in [5.74, 6) is -1.03. The summed E-state index contributed by atoms with van der Waals surface area (Å²) in [7, 11) is 1.52. The van der Waals surface area contributed by atoms with Gasteiger partial charge in [0.15, 0.2) is 0 Å². The van der Waals surface area contributed by atoms with Crippen LogP contribution in [0.1, 0.15) is 22.5 Å². The Labute approximate surface area is 200 Å². The number of H-pyrrole nitrogens is 1. The molecule has 2 aromatic heterocycles. The number of aliphatic hydroxyl groups is 1. The van der Waals surface area contributed by atoms with E-state index in [1.807, 2.05) is 0 Å². The van der Waals surface area contributed by atoms with Crippen molar-refractivity contribution in [1.29, 1.82) is 0 Å². The number of aliphatic hydroxyl groups excluding tert-OH is 1. The van der Waals surface area contributed by atoms with E-state index in [4.69, 9.17) is 4.74 Å². The summed E-state index contributed by atoms with van der Waals surface area (Å²) in [5.41, 5.74) is 2.29. The van der Waals surface area contributed by atoms with E-state index in [9.17, 15) is 18.7 Å². The SMILES string of the molecule is COc1cccc(C[C@H](CCO)NC(=O)c2cccc(F)c2-c2cc(-c3ccc(F)cc3)n[nH]2)n1. The molecule has 0 saturated heterocycles. The van der Waals surface area contributed by atoms with Crippen LogP contribution >= 0.6 is 0 Å². The molecule has 7 nitrogen and oxygen atoms in total. The fourth-order valence-electron chi connectivity index (χ4n) is 3.79. The number of methoxy groups -OCH3 is 1. The summed E-state index contributed by atoms with van der Waals surface area (Å²) >= 11 is 0. The number of pyridine rings is 1. The first-order valence-electron chi connectivity index (χ1n) is 11.0. The van der Waals surface area contributed by atoms with Crippen LogP contribution in [0.5, 0.6) is 5.88 Å². The lowest BCUT2D eigenvalue weighted by atomic mass is 10.0. The minimum absolute atomic E-state index is 0.0631. The van der Waals surface area contributed by atoms with Crippen molar-refractivity contribution in [1.82, 2.24) is 20.5 Å². The minimum Gasteiger partial charge on any atom is -0.481 e. The van der Waals surface area contributed by atoms with E-state index in [0.29, 0.717) is 34.9 Å². The molecule has 0 fully saturated rings. The Bertz CT molecular complexity index is 1310. The van der Waals surface area contributed by atoms with Crippen LogP contribution in [0.3, 0.4) is 0 Å². The molecule has 3 N–H and O–H groups in total. The molecule has 4 aromatic rings. The molecule has 4 rings (SSSR count). The summed E-state index contributed by atoms with van der Waals surface area (Å²) < 4.78 is 33.3. The van der Waals surface area contributed by atoms with Gasteiger partial charge in [-0.1, -0.05) is 12.1 Å². The zero-order valence-electron chi connectivity index (χ0n) is 19.0. The zero-order valence-corrected chi connectivity index (χ0v) is 19.0. The minimum atomic E-state index is -0.597. The van der Waals surface area contributed by atoms with Gasteiger partial charge in [0.2, 0.25) is 5.88 Å². The molecule has 2 aromatic carbocycles. The van der Waals surface area contributed by atoms with Gasteiger partial charge in [-0.25, -0.2) is 13.8 Å². The van der Waals surface area contributed by atoms with Crippen LogP contribution in [0.2, 0.25) is 0 Å². The number of benzene rings is 2. The fraction of sp³-hybridized carbons (Fsp3) is 0.192. The third-order valence-electron chi connectivity index (χ3n) is 5.50. The topological polar surface area (TPSA) is 100 Å². The Morgan fingerprint density at radius 2 is 1.89 bits per heavy atom. The number of halogens is 2. The number of aromatic amines is 1. The average molecular weight is 478 g/mol. The number of carbonyl (C=O) groups excluding carboxylic acids is 1. The van der Waals surface area contributed by atoms with E-state index in [0.717, 1.165) is 0 Å². The molecule has 1 atom stereocenters. The van der Waals surface area contributed by atoms with E-state index in [1.165, 1.54) is 37.4 Å². The third kappa shape index (κ3) is 5.70. The first kappa shape index (κ1) is 24.0. The van der Waals surface area contributed by atoms with Crippen LogP contribution in [-0.2, 0) is 6.42 Å². The zero-order chi connectivity index (χ0) is 24.8. The third-order valence-corrected chi connectivity index (χ3v) is 5.50. The van der Waals surface area contributed by atoms with Gasteiger partial charge in [-0.2, -0.15) is 5.10 Å². The standard InChI is InChI=1S/C26H24F2N4O3/c1-35-24-7-2-4-18(29-24)14-19(12-13-33)30-26(34)20-5-3-6-21(28)25(20)23-15-22(31-32-23)16-8-10-17(27)11-9-16/h2-11,15,19,33H,12-14H2,1H3,(H,30,34)(H,31,32)/t19-/m0/s1. The van der Waals surface area contributed by atoms with E-state index in [1.54, 1.807) is 36.4 Å². The van der Waals surface area contributed by atoms with Crippen molar-refractivity contribution in [2.75, 3.05) is 13.7 Å². The summed E-state index contributed by atoms with van der Waals surface area (Å²) in [6.45, 7) is -0.146. The number of hydrogen-bond donors (Lipinski definition) is 3. The van der Waals surface area contributed by atoms with Gasteiger partial charge >= 0.3 is 0 Å². The monoisotopic (exact) mass is 478 g/mol. The number of aromatic nitrogens is 3. The Kier molecular flexibility index (Phi) is 7.47. The number of nitrogens with zero attached hydrogens (tertiary/aromatic N) is 2. The van der Waals surface area contributed by atoms with Crippen LogP contribution < -0.4 is 10.1 Å². The summed E-state index contributed by atoms with van der Waals surface area (Å²) in [5, 5.41) is 19.4. The number of ether oxygens (including phenoxy) is 1. The summed E-state index contributed by atoms with van der Waals surface area (Å²) in [6, 6.07) is 16.5. The number of amides is 1. The molecule has 0 spiro atoms. The molecule has 0 radical (unpaired) electrons. The van der Waals surface area contributed by atoms with Crippen molar-refractivity contribution >= 4 is 5.91 Å². The summed E-state index contributed by atoms with van der Waals surface area (Å²) in [6.07, 6.45) is 0.640. The normalized spacial score (nSPS) is 11.8. The molecule has 0 saturated carbocycles. The van der Waals surface area contributed by atoms with Crippen molar-refractivity contribution in [3.8, 4) is 28.4 Å². The maximum atomic E-state index is 14.9. The Hall–Kier alpha value is -4.11. The van der Waals surface area contributed by atoms with Crippen LogP contribution in [0.25, 0.3) is 22.5 Å². The Morgan fingerprint density at radius 3 is 2.63 bits per heavy atom. The lowest BCUT2D eigenvalue weighted by Crippen LogP contribution is -2.37. The van der Waals surface area contributed by atoms with Gasteiger partial charge in [-0.05, 0) is 55.0 Å². The molecule has 35 heavy (non-hydrogen) atoms. The smallest absolute Gasteiger partial charge is 0.252 e. The van der Waals surface area contributed by atoms with Crippen molar-refractivity contribution in [2.45, 2.75) is 18.9 Å². The van der Waals surface area contributed by atoms with Crippen LogP contribution in [0.4, 0.5) is 8.78 Å². The molecule has 0 aliphatic rings. The lowest BCUT2D eigenvalue weighted by molar-refractivity contribution is 0.0930. The molecule has 0 bridgehead atoms. The Balaban J connectivity index is 1.59. The van der Waals surface area contributed by atoms with E-state index < -0.39 is 17.8 Å². The maximum absolute atomic E-state index is 14.9. The highest BCUT2D eigenvalue weighted by atomic mass is 19.1. The van der Waals surface area contributed by atoms with E-state index >= 15 is 0 Å². The predicted octanol–water partition coefficient (Wildman–Crippen LogP) is 4.15. The summed E-state index contributed by atoms with van der Waals surface area (Å²) in [4.78, 5) is 17.6. The molecule has 9 heteroatoms. The Morgan fingerprint density at radius 1 is 1.11 bits per heavy atom. The fourth-order valence-corrected chi connectivity index (χ4v) is 3.79. The number of carbonyl (C=O) groups is 1. The highest BCUT2D eigenvalue weighted by Crippen LogP contribution is 2.29. The van der Waals surface area contributed by atoms with Gasteiger partial charge in [0.1, 0.15) is 11.6 Å².